The molecule has 1 rings (SSSR count). The molecule has 0 aliphatic rings. The highest BCUT2D eigenvalue weighted by atomic mass is 16.5. The summed E-state index contributed by atoms with van der Waals surface area (Å²) in [7, 11) is 3.40. The molecule has 1 unspecified atom stereocenters. The van der Waals surface area contributed by atoms with Gasteiger partial charge in [-0.25, -0.2) is 0 Å². The van der Waals surface area contributed by atoms with Crippen LogP contribution in [0, 0.1) is 20.8 Å². The number of nitrogens with two attached hydrogens (primary N) is 1. The van der Waals surface area contributed by atoms with Crippen LogP contribution in [-0.2, 0) is 4.79 Å². The number of anilines is 1. The molecule has 0 heterocycles. The van der Waals surface area contributed by atoms with Crippen molar-refractivity contribution in [2.75, 3.05) is 19.1 Å². The highest BCUT2D eigenvalue weighted by Crippen LogP contribution is 2.36. The first-order chi connectivity index (χ1) is 8.79. The van der Waals surface area contributed by atoms with Crippen molar-refractivity contribution in [2.24, 2.45) is 5.73 Å². The molecule has 106 valence electrons. The van der Waals surface area contributed by atoms with Crippen LogP contribution in [0.5, 0.6) is 5.75 Å². The fourth-order valence-electron chi connectivity index (χ4n) is 2.24. The fourth-order valence-corrected chi connectivity index (χ4v) is 2.24. The molecule has 0 aromatic heterocycles. The lowest BCUT2D eigenvalue weighted by Crippen LogP contribution is -2.32. The summed E-state index contributed by atoms with van der Waals surface area (Å²) in [6.45, 7) is 7.86. The van der Waals surface area contributed by atoms with Crippen molar-refractivity contribution in [1.29, 1.82) is 0 Å². The van der Waals surface area contributed by atoms with Crippen LogP contribution >= 0.6 is 0 Å². The summed E-state index contributed by atoms with van der Waals surface area (Å²) in [5.74, 6) is 0.762. The van der Waals surface area contributed by atoms with Crippen LogP contribution < -0.4 is 15.4 Å². The maximum atomic E-state index is 12.2. The molecule has 1 aromatic carbocycles. The molecule has 1 aromatic rings. The molecule has 0 fully saturated rings. The first-order valence-corrected chi connectivity index (χ1v) is 6.46. The lowest BCUT2D eigenvalue weighted by atomic mass is 10.0. The maximum Gasteiger partial charge on any atom is 0.228 e. The quantitative estimate of drug-likeness (QED) is 0.908. The molecule has 0 saturated carbocycles. The topological polar surface area (TPSA) is 55.6 Å². The smallest absolute Gasteiger partial charge is 0.228 e. The highest BCUT2D eigenvalue weighted by Gasteiger charge is 2.20. The Morgan fingerprint density at radius 3 is 2.42 bits per heavy atom. The van der Waals surface area contributed by atoms with Crippen LogP contribution in [0.2, 0.25) is 0 Å². The third-order valence-electron chi connectivity index (χ3n) is 3.36. The van der Waals surface area contributed by atoms with Gasteiger partial charge in [0.05, 0.1) is 12.8 Å². The molecule has 0 radical (unpaired) electrons. The second-order valence-corrected chi connectivity index (χ2v) is 5.15. The summed E-state index contributed by atoms with van der Waals surface area (Å²) in [5, 5.41) is 0. The molecule has 1 atom stereocenters. The van der Waals surface area contributed by atoms with Gasteiger partial charge in [-0.05, 0) is 44.4 Å². The Morgan fingerprint density at radius 1 is 1.37 bits per heavy atom. The Kier molecular flexibility index (Phi) is 4.95. The zero-order chi connectivity index (χ0) is 14.7. The lowest BCUT2D eigenvalue weighted by Gasteiger charge is -2.25. The van der Waals surface area contributed by atoms with Crippen LogP contribution in [0.15, 0.2) is 6.07 Å². The van der Waals surface area contributed by atoms with Crippen molar-refractivity contribution in [3.05, 3.63) is 22.8 Å². The minimum absolute atomic E-state index is 0.000321. The number of carbonyl (C=O) groups is 1. The molecule has 19 heavy (non-hydrogen) atoms. The summed E-state index contributed by atoms with van der Waals surface area (Å²) < 4.78 is 5.49. The Morgan fingerprint density at radius 2 is 1.95 bits per heavy atom. The second kappa shape index (κ2) is 6.06. The van der Waals surface area contributed by atoms with E-state index in [-0.39, 0.29) is 11.9 Å². The van der Waals surface area contributed by atoms with Gasteiger partial charge in [-0.2, -0.15) is 0 Å². The average molecular weight is 264 g/mol. The van der Waals surface area contributed by atoms with E-state index in [0.717, 1.165) is 28.1 Å². The van der Waals surface area contributed by atoms with Gasteiger partial charge in [0.1, 0.15) is 5.75 Å². The van der Waals surface area contributed by atoms with Crippen molar-refractivity contribution >= 4 is 11.6 Å². The number of nitrogens with zero attached hydrogens (tertiary/aromatic N) is 1. The molecular formula is C15H24N2O2. The Hall–Kier alpha value is -1.55. The van der Waals surface area contributed by atoms with Gasteiger partial charge in [0.15, 0.2) is 0 Å². The van der Waals surface area contributed by atoms with Crippen LogP contribution in [0.4, 0.5) is 5.69 Å². The van der Waals surface area contributed by atoms with Gasteiger partial charge < -0.3 is 15.4 Å². The second-order valence-electron chi connectivity index (χ2n) is 5.15. The van der Waals surface area contributed by atoms with E-state index < -0.39 is 0 Å². The summed E-state index contributed by atoms with van der Waals surface area (Å²) in [4.78, 5) is 13.8. The van der Waals surface area contributed by atoms with Crippen LogP contribution in [-0.4, -0.2) is 26.1 Å². The van der Waals surface area contributed by atoms with E-state index >= 15 is 0 Å². The molecule has 2 N–H and O–H groups in total. The minimum atomic E-state index is -0.146. The number of hydrogen-bond donors (Lipinski definition) is 1. The first-order valence-electron chi connectivity index (χ1n) is 6.46. The molecule has 0 saturated heterocycles. The standard InChI is InChI=1S/C15H24N2O2/c1-9-7-10(2)14(15(19-6)12(9)4)17(5)13(18)8-11(3)16/h7,11H,8,16H2,1-6H3. The zero-order valence-electron chi connectivity index (χ0n) is 12.7. The molecule has 4 nitrogen and oxygen atoms in total. The van der Waals surface area contributed by atoms with Crippen molar-refractivity contribution < 1.29 is 9.53 Å². The predicted molar refractivity (Wildman–Crippen MR) is 78.9 cm³/mol. The fraction of sp³-hybridized carbons (Fsp3) is 0.533. The summed E-state index contributed by atoms with van der Waals surface area (Å²) >= 11 is 0. The summed E-state index contributed by atoms with van der Waals surface area (Å²) in [6.07, 6.45) is 0.325. The summed E-state index contributed by atoms with van der Waals surface area (Å²) in [6, 6.07) is 1.93. The number of ether oxygens (including phenoxy) is 1. The maximum absolute atomic E-state index is 12.2. The normalized spacial score (nSPS) is 12.2. The number of aryl methyl sites for hydroxylation is 2. The Labute approximate surface area is 115 Å². The van der Waals surface area contributed by atoms with Crippen molar-refractivity contribution in [1.82, 2.24) is 0 Å². The van der Waals surface area contributed by atoms with Crippen LogP contribution in [0.1, 0.15) is 30.0 Å². The van der Waals surface area contributed by atoms with E-state index in [1.54, 1.807) is 19.1 Å². The van der Waals surface area contributed by atoms with Gasteiger partial charge in [-0.15, -0.1) is 0 Å². The van der Waals surface area contributed by atoms with E-state index in [4.69, 9.17) is 10.5 Å². The lowest BCUT2D eigenvalue weighted by molar-refractivity contribution is -0.118. The number of rotatable bonds is 4. The molecule has 0 bridgehead atoms. The number of amides is 1. The number of methoxy groups -OCH3 is 1. The third kappa shape index (κ3) is 3.26. The van der Waals surface area contributed by atoms with E-state index in [1.165, 1.54) is 0 Å². The van der Waals surface area contributed by atoms with Gasteiger partial charge in [-0.3, -0.25) is 4.79 Å². The Bertz CT molecular complexity index is 482. The number of benzene rings is 1. The van der Waals surface area contributed by atoms with E-state index in [0.29, 0.717) is 6.42 Å². The van der Waals surface area contributed by atoms with Crippen molar-refractivity contribution in [3.8, 4) is 5.75 Å². The largest absolute Gasteiger partial charge is 0.494 e. The molecule has 4 heteroatoms. The van der Waals surface area contributed by atoms with Gasteiger partial charge in [0.2, 0.25) is 5.91 Å². The van der Waals surface area contributed by atoms with Crippen LogP contribution in [0.3, 0.4) is 0 Å². The monoisotopic (exact) mass is 264 g/mol. The van der Waals surface area contributed by atoms with E-state index in [9.17, 15) is 4.79 Å². The van der Waals surface area contributed by atoms with Crippen molar-refractivity contribution in [2.45, 2.75) is 40.2 Å². The predicted octanol–water partition coefficient (Wildman–Crippen LogP) is 2.32. The molecule has 0 aliphatic carbocycles. The zero-order valence-corrected chi connectivity index (χ0v) is 12.7. The first kappa shape index (κ1) is 15.5. The summed E-state index contributed by atoms with van der Waals surface area (Å²) in [5.41, 5.74) is 9.77. The number of hydrogen-bond acceptors (Lipinski definition) is 3. The highest BCUT2D eigenvalue weighted by molar-refractivity contribution is 5.96. The number of carbonyl (C=O) groups excluding carboxylic acids is 1. The molecule has 1 amide bonds. The SMILES string of the molecule is COc1c(C)c(C)cc(C)c1N(C)C(=O)CC(C)N. The molecular weight excluding hydrogens is 240 g/mol. The third-order valence-corrected chi connectivity index (χ3v) is 3.36. The average Bonchev–Trinajstić information content (AvgIpc) is 2.31. The molecule has 0 spiro atoms. The van der Waals surface area contributed by atoms with Gasteiger partial charge in [0.25, 0.3) is 0 Å². The van der Waals surface area contributed by atoms with Gasteiger partial charge >= 0.3 is 0 Å². The van der Waals surface area contributed by atoms with Crippen LogP contribution in [0.25, 0.3) is 0 Å². The van der Waals surface area contributed by atoms with Crippen molar-refractivity contribution in [3.63, 3.8) is 0 Å². The minimum Gasteiger partial charge on any atom is -0.494 e. The molecule has 0 aliphatic heterocycles. The van der Waals surface area contributed by atoms with E-state index in [1.807, 2.05) is 27.7 Å². The van der Waals surface area contributed by atoms with E-state index in [2.05, 4.69) is 6.07 Å². The van der Waals surface area contributed by atoms with Gasteiger partial charge in [-0.1, -0.05) is 6.07 Å². The van der Waals surface area contributed by atoms with Gasteiger partial charge in [0, 0.05) is 19.5 Å². The Balaban J connectivity index is 3.26.